The molecule has 6 heteroatoms. The number of sulfonamides is 1. The topological polar surface area (TPSA) is 57.7 Å². The number of hydrogen-bond acceptors (Lipinski definition) is 3. The van der Waals surface area contributed by atoms with Crippen LogP contribution in [0.4, 0.5) is 0 Å². The molecule has 1 heterocycles. The molecule has 0 aliphatic carbocycles. The van der Waals surface area contributed by atoms with E-state index in [-0.39, 0.29) is 19.0 Å². The van der Waals surface area contributed by atoms with Crippen LogP contribution in [-0.2, 0) is 21.4 Å². The highest BCUT2D eigenvalue weighted by molar-refractivity contribution is 7.88. The molecule has 2 rings (SSSR count). The van der Waals surface area contributed by atoms with Crippen LogP contribution in [0, 0.1) is 6.92 Å². The Balaban J connectivity index is 2.07. The molecule has 116 valence electrons. The second kappa shape index (κ2) is 6.58. The van der Waals surface area contributed by atoms with E-state index >= 15 is 0 Å². The van der Waals surface area contributed by atoms with Gasteiger partial charge < -0.3 is 4.90 Å². The van der Waals surface area contributed by atoms with Gasteiger partial charge in [-0.05, 0) is 25.3 Å². The molecule has 0 aromatic heterocycles. The summed E-state index contributed by atoms with van der Waals surface area (Å²) in [6, 6.07) is 7.68. The predicted molar refractivity (Wildman–Crippen MR) is 82.2 cm³/mol. The van der Waals surface area contributed by atoms with Crippen molar-refractivity contribution in [1.29, 1.82) is 0 Å². The lowest BCUT2D eigenvalue weighted by Gasteiger charge is -2.23. The Kier molecular flexibility index (Phi) is 5.00. The summed E-state index contributed by atoms with van der Waals surface area (Å²) in [6.07, 6.45) is 3.16. The van der Waals surface area contributed by atoms with Crippen molar-refractivity contribution >= 4 is 15.9 Å². The highest BCUT2D eigenvalue weighted by Crippen LogP contribution is 2.13. The van der Waals surface area contributed by atoms with Crippen molar-refractivity contribution in [2.45, 2.75) is 26.3 Å². The van der Waals surface area contributed by atoms with Crippen molar-refractivity contribution < 1.29 is 13.2 Å². The van der Waals surface area contributed by atoms with Gasteiger partial charge in [0.25, 0.3) is 0 Å². The van der Waals surface area contributed by atoms with Gasteiger partial charge in [0, 0.05) is 19.6 Å². The van der Waals surface area contributed by atoms with E-state index in [0.717, 1.165) is 43.3 Å². The molecule has 21 heavy (non-hydrogen) atoms. The highest BCUT2D eigenvalue weighted by atomic mass is 32.2. The van der Waals surface area contributed by atoms with Gasteiger partial charge in [0.2, 0.25) is 15.9 Å². The van der Waals surface area contributed by atoms with Crippen LogP contribution < -0.4 is 0 Å². The van der Waals surface area contributed by atoms with Gasteiger partial charge in [0.15, 0.2) is 0 Å². The largest absolute Gasteiger partial charge is 0.342 e. The minimum atomic E-state index is -3.41. The molecule has 0 radical (unpaired) electrons. The molecule has 1 aliphatic heterocycles. The van der Waals surface area contributed by atoms with Crippen LogP contribution in [0.3, 0.4) is 0 Å². The molecule has 1 saturated heterocycles. The Morgan fingerprint density at radius 3 is 2.29 bits per heavy atom. The average molecular weight is 310 g/mol. The highest BCUT2D eigenvalue weighted by Gasteiger charge is 2.25. The first-order valence-corrected chi connectivity index (χ1v) is 8.99. The molecular formula is C15H22N2O3S. The maximum Gasteiger partial charge on any atom is 0.237 e. The van der Waals surface area contributed by atoms with Gasteiger partial charge in [-0.2, -0.15) is 4.31 Å². The first kappa shape index (κ1) is 16.0. The number of hydrogen-bond donors (Lipinski definition) is 0. The standard InChI is InChI=1S/C15H22N2O3S/c1-13-5-7-14(8-6-13)11-17(21(2,19)20)12-15(18)16-9-3-4-10-16/h5-8H,3-4,9-12H2,1-2H3. The predicted octanol–water partition coefficient (Wildman–Crippen LogP) is 1.38. The van der Waals surface area contributed by atoms with Gasteiger partial charge in [-0.15, -0.1) is 0 Å². The number of carbonyl (C=O) groups excluding carboxylic acids is 1. The quantitative estimate of drug-likeness (QED) is 0.825. The van der Waals surface area contributed by atoms with Gasteiger partial charge in [-0.1, -0.05) is 29.8 Å². The minimum Gasteiger partial charge on any atom is -0.342 e. The summed E-state index contributed by atoms with van der Waals surface area (Å²) in [4.78, 5) is 13.9. The van der Waals surface area contributed by atoms with E-state index in [1.165, 1.54) is 4.31 Å². The average Bonchev–Trinajstić information content (AvgIpc) is 2.93. The van der Waals surface area contributed by atoms with Crippen LogP contribution >= 0.6 is 0 Å². The fourth-order valence-corrected chi connectivity index (χ4v) is 3.13. The van der Waals surface area contributed by atoms with Gasteiger partial charge in [-0.25, -0.2) is 8.42 Å². The maximum absolute atomic E-state index is 12.2. The zero-order valence-electron chi connectivity index (χ0n) is 12.6. The monoisotopic (exact) mass is 310 g/mol. The number of nitrogens with zero attached hydrogens (tertiary/aromatic N) is 2. The fraction of sp³-hybridized carbons (Fsp3) is 0.533. The first-order valence-electron chi connectivity index (χ1n) is 7.15. The van der Waals surface area contributed by atoms with E-state index in [4.69, 9.17) is 0 Å². The molecule has 1 aliphatic rings. The second-order valence-corrected chi connectivity index (χ2v) is 7.59. The molecule has 1 aromatic rings. The molecule has 0 N–H and O–H groups in total. The zero-order valence-corrected chi connectivity index (χ0v) is 13.4. The Labute approximate surface area is 126 Å². The molecule has 1 aromatic carbocycles. The summed E-state index contributed by atoms with van der Waals surface area (Å²) in [7, 11) is -3.41. The molecule has 0 saturated carbocycles. The Bertz CT molecular complexity index is 590. The summed E-state index contributed by atoms with van der Waals surface area (Å²) in [5.74, 6) is -0.106. The number of aryl methyl sites for hydroxylation is 1. The third kappa shape index (κ3) is 4.54. The minimum absolute atomic E-state index is 0.0767. The normalized spacial score (nSPS) is 15.7. The SMILES string of the molecule is Cc1ccc(CN(CC(=O)N2CCCC2)S(C)(=O)=O)cc1. The molecular weight excluding hydrogens is 288 g/mol. The lowest BCUT2D eigenvalue weighted by molar-refractivity contribution is -0.130. The van der Waals surface area contributed by atoms with Crippen molar-refractivity contribution in [1.82, 2.24) is 9.21 Å². The van der Waals surface area contributed by atoms with Crippen LogP contribution in [0.5, 0.6) is 0 Å². The van der Waals surface area contributed by atoms with Crippen molar-refractivity contribution in [2.24, 2.45) is 0 Å². The molecule has 0 unspecified atom stereocenters. The van der Waals surface area contributed by atoms with Gasteiger partial charge in [0.05, 0.1) is 12.8 Å². The van der Waals surface area contributed by atoms with E-state index < -0.39 is 10.0 Å². The van der Waals surface area contributed by atoms with E-state index in [2.05, 4.69) is 0 Å². The van der Waals surface area contributed by atoms with Crippen molar-refractivity contribution in [3.05, 3.63) is 35.4 Å². The van der Waals surface area contributed by atoms with Crippen LogP contribution in [0.25, 0.3) is 0 Å². The smallest absolute Gasteiger partial charge is 0.237 e. The summed E-state index contributed by atoms with van der Waals surface area (Å²) >= 11 is 0. The number of carbonyl (C=O) groups is 1. The van der Waals surface area contributed by atoms with Crippen LogP contribution in [-0.4, -0.2) is 49.4 Å². The van der Waals surface area contributed by atoms with Crippen LogP contribution in [0.15, 0.2) is 24.3 Å². The van der Waals surface area contributed by atoms with Gasteiger partial charge in [0.1, 0.15) is 0 Å². The summed E-state index contributed by atoms with van der Waals surface area (Å²) in [5, 5.41) is 0. The number of likely N-dealkylation sites (tertiary alicyclic amines) is 1. The van der Waals surface area contributed by atoms with Crippen molar-refractivity contribution in [3.8, 4) is 0 Å². The molecule has 1 fully saturated rings. The van der Waals surface area contributed by atoms with E-state index in [1.807, 2.05) is 31.2 Å². The second-order valence-electron chi connectivity index (χ2n) is 5.60. The van der Waals surface area contributed by atoms with E-state index in [0.29, 0.717) is 0 Å². The Morgan fingerprint density at radius 1 is 1.19 bits per heavy atom. The molecule has 1 amide bonds. The lowest BCUT2D eigenvalue weighted by atomic mass is 10.1. The van der Waals surface area contributed by atoms with Crippen molar-refractivity contribution in [3.63, 3.8) is 0 Å². The molecule has 0 bridgehead atoms. The summed E-state index contributed by atoms with van der Waals surface area (Å²) < 4.78 is 25.1. The third-order valence-electron chi connectivity index (χ3n) is 3.72. The van der Waals surface area contributed by atoms with E-state index in [1.54, 1.807) is 4.90 Å². The van der Waals surface area contributed by atoms with Crippen LogP contribution in [0.1, 0.15) is 24.0 Å². The summed E-state index contributed by atoms with van der Waals surface area (Å²) in [5.41, 5.74) is 2.01. The number of amides is 1. The molecule has 5 nitrogen and oxygen atoms in total. The van der Waals surface area contributed by atoms with E-state index in [9.17, 15) is 13.2 Å². The number of benzene rings is 1. The molecule has 0 spiro atoms. The first-order chi connectivity index (χ1) is 9.86. The van der Waals surface area contributed by atoms with Gasteiger partial charge >= 0.3 is 0 Å². The van der Waals surface area contributed by atoms with Crippen molar-refractivity contribution in [2.75, 3.05) is 25.9 Å². The lowest BCUT2D eigenvalue weighted by Crippen LogP contribution is -2.41. The fourth-order valence-electron chi connectivity index (χ4n) is 2.40. The van der Waals surface area contributed by atoms with Crippen LogP contribution in [0.2, 0.25) is 0 Å². The maximum atomic E-state index is 12.2. The summed E-state index contributed by atoms with van der Waals surface area (Å²) in [6.45, 7) is 3.61. The zero-order chi connectivity index (χ0) is 15.5. The third-order valence-corrected chi connectivity index (χ3v) is 4.92. The Hall–Kier alpha value is -1.40. The van der Waals surface area contributed by atoms with Gasteiger partial charge in [-0.3, -0.25) is 4.79 Å². The Morgan fingerprint density at radius 2 is 1.76 bits per heavy atom. The molecule has 0 atom stereocenters. The number of rotatable bonds is 5.